The lowest BCUT2D eigenvalue weighted by atomic mass is 10.1. The second kappa shape index (κ2) is 4.45. The first-order chi connectivity index (χ1) is 7.25. The summed E-state index contributed by atoms with van der Waals surface area (Å²) in [5.41, 5.74) is 2.15. The molecule has 0 spiro atoms. The van der Waals surface area contributed by atoms with Crippen molar-refractivity contribution in [1.82, 2.24) is 0 Å². The van der Waals surface area contributed by atoms with Crippen LogP contribution in [0.3, 0.4) is 0 Å². The van der Waals surface area contributed by atoms with Gasteiger partial charge in [-0.3, -0.25) is 0 Å². The monoisotopic (exact) mass is 205 g/mol. The molecule has 3 nitrogen and oxygen atoms in total. The van der Waals surface area contributed by atoms with E-state index in [-0.39, 0.29) is 6.10 Å². The van der Waals surface area contributed by atoms with Gasteiger partial charge in [0, 0.05) is 5.56 Å². The van der Waals surface area contributed by atoms with Crippen molar-refractivity contribution in [1.29, 1.82) is 0 Å². The molecule has 1 aromatic rings. The van der Waals surface area contributed by atoms with E-state index >= 15 is 0 Å². The third-order valence-electron chi connectivity index (χ3n) is 2.32. The Hall–Kier alpha value is -1.35. The van der Waals surface area contributed by atoms with Gasteiger partial charge in [0.15, 0.2) is 0 Å². The summed E-state index contributed by atoms with van der Waals surface area (Å²) in [6, 6.07) is 7.99. The summed E-state index contributed by atoms with van der Waals surface area (Å²) in [6.07, 6.45) is 0.393. The van der Waals surface area contributed by atoms with Gasteiger partial charge in [0.05, 0.1) is 12.6 Å². The molecule has 0 saturated carbocycles. The second-order valence-corrected chi connectivity index (χ2v) is 3.79. The smallest absolute Gasteiger partial charge is 0.216 e. The van der Waals surface area contributed by atoms with E-state index in [1.54, 1.807) is 6.92 Å². The standard InChI is InChI=1S/C12H15NO2/c1-9(14)8-10-2-4-11(5-3-10)12-13-6-7-15-12/h2-5,9,14H,6-8H2,1H3. The largest absolute Gasteiger partial charge is 0.476 e. The average Bonchev–Trinajstić information content (AvgIpc) is 2.71. The van der Waals surface area contributed by atoms with Crippen molar-refractivity contribution in [3.05, 3.63) is 35.4 Å². The Bertz CT molecular complexity index is 354. The van der Waals surface area contributed by atoms with Gasteiger partial charge < -0.3 is 9.84 Å². The molecule has 80 valence electrons. The quantitative estimate of drug-likeness (QED) is 0.810. The second-order valence-electron chi connectivity index (χ2n) is 3.79. The van der Waals surface area contributed by atoms with Crippen LogP contribution in [0.4, 0.5) is 0 Å². The number of nitrogens with zero attached hydrogens (tertiary/aromatic N) is 1. The maximum atomic E-state index is 9.24. The van der Waals surface area contributed by atoms with Gasteiger partial charge in [0.25, 0.3) is 0 Å². The van der Waals surface area contributed by atoms with Crippen LogP contribution in [0.5, 0.6) is 0 Å². The van der Waals surface area contributed by atoms with Crippen LogP contribution < -0.4 is 0 Å². The van der Waals surface area contributed by atoms with Crippen LogP contribution >= 0.6 is 0 Å². The number of aliphatic imine (C=N–C) groups is 1. The molecule has 2 rings (SSSR count). The molecule has 0 radical (unpaired) electrons. The summed E-state index contributed by atoms with van der Waals surface area (Å²) in [5, 5.41) is 9.24. The summed E-state index contributed by atoms with van der Waals surface area (Å²) in [5.74, 6) is 0.735. The van der Waals surface area contributed by atoms with Crippen LogP contribution in [0.15, 0.2) is 29.3 Å². The first-order valence-electron chi connectivity index (χ1n) is 5.20. The van der Waals surface area contributed by atoms with Crippen molar-refractivity contribution in [2.75, 3.05) is 13.2 Å². The lowest BCUT2D eigenvalue weighted by Gasteiger charge is -2.05. The molecular weight excluding hydrogens is 190 g/mol. The van der Waals surface area contributed by atoms with Crippen LogP contribution in [-0.4, -0.2) is 30.3 Å². The predicted octanol–water partition coefficient (Wildman–Crippen LogP) is 1.39. The van der Waals surface area contributed by atoms with Gasteiger partial charge in [-0.15, -0.1) is 0 Å². The van der Waals surface area contributed by atoms with Gasteiger partial charge in [-0.25, -0.2) is 4.99 Å². The maximum absolute atomic E-state index is 9.24. The molecule has 1 unspecified atom stereocenters. The van der Waals surface area contributed by atoms with Gasteiger partial charge in [-0.2, -0.15) is 0 Å². The predicted molar refractivity (Wildman–Crippen MR) is 59.2 cm³/mol. The van der Waals surface area contributed by atoms with Crippen molar-refractivity contribution < 1.29 is 9.84 Å². The van der Waals surface area contributed by atoms with Crippen LogP contribution in [0.2, 0.25) is 0 Å². The van der Waals surface area contributed by atoms with Gasteiger partial charge in [-0.05, 0) is 31.0 Å². The zero-order valence-corrected chi connectivity index (χ0v) is 8.81. The molecule has 0 aliphatic carbocycles. The van der Waals surface area contributed by atoms with Gasteiger partial charge in [0.1, 0.15) is 6.61 Å². The molecule has 1 atom stereocenters. The van der Waals surface area contributed by atoms with Crippen LogP contribution in [0.1, 0.15) is 18.1 Å². The van der Waals surface area contributed by atoms with Gasteiger partial charge in [-0.1, -0.05) is 12.1 Å². The fourth-order valence-electron chi connectivity index (χ4n) is 1.63. The molecule has 1 aromatic carbocycles. The maximum Gasteiger partial charge on any atom is 0.216 e. The van der Waals surface area contributed by atoms with E-state index in [0.717, 1.165) is 23.6 Å². The SMILES string of the molecule is CC(O)Cc1ccc(C2=NCCO2)cc1. The molecule has 15 heavy (non-hydrogen) atoms. The minimum absolute atomic E-state index is 0.295. The third kappa shape index (κ3) is 2.57. The number of rotatable bonds is 3. The fraction of sp³-hybridized carbons (Fsp3) is 0.417. The Labute approximate surface area is 89.4 Å². The molecule has 1 heterocycles. The molecule has 1 aliphatic rings. The van der Waals surface area contributed by atoms with Crippen molar-refractivity contribution in [3.8, 4) is 0 Å². The molecule has 0 amide bonds. The molecular formula is C12H15NO2. The van der Waals surface area contributed by atoms with Gasteiger partial charge in [0.2, 0.25) is 5.90 Å². The number of benzene rings is 1. The summed E-state index contributed by atoms with van der Waals surface area (Å²) in [6.45, 7) is 3.23. The number of ether oxygens (including phenoxy) is 1. The Morgan fingerprint density at radius 2 is 2.13 bits per heavy atom. The summed E-state index contributed by atoms with van der Waals surface area (Å²) >= 11 is 0. The lowest BCUT2D eigenvalue weighted by Crippen LogP contribution is -2.05. The van der Waals surface area contributed by atoms with E-state index in [2.05, 4.69) is 4.99 Å². The van der Waals surface area contributed by atoms with Crippen molar-refractivity contribution in [2.24, 2.45) is 4.99 Å². The third-order valence-corrected chi connectivity index (χ3v) is 2.32. The fourth-order valence-corrected chi connectivity index (χ4v) is 1.63. The van der Waals surface area contributed by atoms with E-state index in [1.165, 1.54) is 0 Å². The number of hydrogen-bond donors (Lipinski definition) is 1. The molecule has 1 aliphatic heterocycles. The topological polar surface area (TPSA) is 41.8 Å². The van der Waals surface area contributed by atoms with E-state index in [9.17, 15) is 5.11 Å². The number of hydrogen-bond acceptors (Lipinski definition) is 3. The highest BCUT2D eigenvalue weighted by Crippen LogP contribution is 2.10. The molecule has 0 fully saturated rings. The highest BCUT2D eigenvalue weighted by Gasteiger charge is 2.09. The normalized spacial score (nSPS) is 17.1. The van der Waals surface area contributed by atoms with Crippen LogP contribution in [0.25, 0.3) is 0 Å². The highest BCUT2D eigenvalue weighted by atomic mass is 16.5. The average molecular weight is 205 g/mol. The van der Waals surface area contributed by atoms with Crippen molar-refractivity contribution in [3.63, 3.8) is 0 Å². The van der Waals surface area contributed by atoms with Crippen LogP contribution in [0, 0.1) is 0 Å². The highest BCUT2D eigenvalue weighted by molar-refractivity contribution is 5.94. The molecule has 0 aromatic heterocycles. The zero-order chi connectivity index (χ0) is 10.7. The molecule has 0 saturated heterocycles. The van der Waals surface area contributed by atoms with E-state index in [4.69, 9.17) is 4.74 Å². The Morgan fingerprint density at radius 1 is 1.40 bits per heavy atom. The van der Waals surface area contributed by atoms with Crippen molar-refractivity contribution >= 4 is 5.90 Å². The van der Waals surface area contributed by atoms with Gasteiger partial charge >= 0.3 is 0 Å². The Balaban J connectivity index is 2.10. The number of aliphatic hydroxyl groups is 1. The minimum Gasteiger partial charge on any atom is -0.476 e. The number of aliphatic hydroxyl groups excluding tert-OH is 1. The van der Waals surface area contributed by atoms with E-state index in [1.807, 2.05) is 24.3 Å². The first-order valence-corrected chi connectivity index (χ1v) is 5.20. The summed E-state index contributed by atoms with van der Waals surface area (Å²) < 4.78 is 5.36. The summed E-state index contributed by atoms with van der Waals surface area (Å²) in [7, 11) is 0. The zero-order valence-electron chi connectivity index (χ0n) is 8.81. The Kier molecular flexibility index (Phi) is 3.02. The first kappa shape index (κ1) is 10.2. The van der Waals surface area contributed by atoms with Crippen molar-refractivity contribution in [2.45, 2.75) is 19.4 Å². The lowest BCUT2D eigenvalue weighted by molar-refractivity contribution is 0.195. The van der Waals surface area contributed by atoms with E-state index in [0.29, 0.717) is 13.0 Å². The summed E-state index contributed by atoms with van der Waals surface area (Å²) in [4.78, 5) is 4.24. The van der Waals surface area contributed by atoms with Crippen LogP contribution in [-0.2, 0) is 11.2 Å². The molecule has 1 N–H and O–H groups in total. The Morgan fingerprint density at radius 3 is 2.67 bits per heavy atom. The van der Waals surface area contributed by atoms with E-state index < -0.39 is 0 Å². The molecule has 3 heteroatoms. The molecule has 0 bridgehead atoms. The minimum atomic E-state index is -0.295.